The summed E-state index contributed by atoms with van der Waals surface area (Å²) in [4.78, 5) is 0. The third-order valence-electron chi connectivity index (χ3n) is 6.91. The van der Waals surface area contributed by atoms with E-state index in [-0.39, 0.29) is 5.82 Å². The molecule has 0 amide bonds. The SMILES string of the molecule is Cc1ccc2c3c(-c4ccccc4)cccc3n3c4cc(F)cc5cc[n+](C)c(c1c23)c54. The predicted molar refractivity (Wildman–Crippen MR) is 130 cm³/mol. The smallest absolute Gasteiger partial charge is 0.224 e. The number of rotatable bonds is 1. The van der Waals surface area contributed by atoms with Crippen LogP contribution in [0.1, 0.15) is 5.56 Å². The molecule has 0 saturated heterocycles. The van der Waals surface area contributed by atoms with Crippen molar-refractivity contribution >= 4 is 49.0 Å². The van der Waals surface area contributed by atoms with Gasteiger partial charge in [0.1, 0.15) is 12.9 Å². The molecule has 152 valence electrons. The lowest BCUT2D eigenvalue weighted by molar-refractivity contribution is -0.643. The van der Waals surface area contributed by atoms with Crippen molar-refractivity contribution in [3.05, 3.63) is 96.4 Å². The Morgan fingerprint density at radius 3 is 2.47 bits per heavy atom. The Labute approximate surface area is 184 Å². The van der Waals surface area contributed by atoms with Gasteiger partial charge in [0.2, 0.25) is 5.52 Å². The van der Waals surface area contributed by atoms with Crippen molar-refractivity contribution in [2.75, 3.05) is 0 Å². The highest BCUT2D eigenvalue weighted by Crippen LogP contribution is 2.43. The number of aromatic nitrogens is 2. The van der Waals surface area contributed by atoms with Crippen LogP contribution < -0.4 is 4.57 Å². The van der Waals surface area contributed by atoms with E-state index in [0.29, 0.717) is 0 Å². The normalized spacial score (nSPS) is 12.2. The summed E-state index contributed by atoms with van der Waals surface area (Å²) in [5, 5.41) is 5.66. The van der Waals surface area contributed by atoms with Crippen LogP contribution in [0.4, 0.5) is 4.39 Å². The van der Waals surface area contributed by atoms with Gasteiger partial charge in [-0.3, -0.25) is 0 Å². The summed E-state index contributed by atoms with van der Waals surface area (Å²) in [7, 11) is 2.08. The maximum absolute atomic E-state index is 14.8. The van der Waals surface area contributed by atoms with E-state index in [1.54, 1.807) is 12.1 Å². The Kier molecular flexibility index (Phi) is 3.34. The van der Waals surface area contributed by atoms with Gasteiger partial charge in [-0.2, -0.15) is 0 Å². The van der Waals surface area contributed by atoms with E-state index in [1.807, 2.05) is 18.3 Å². The van der Waals surface area contributed by atoms with Crippen molar-refractivity contribution in [1.29, 1.82) is 0 Å². The Morgan fingerprint density at radius 1 is 0.781 bits per heavy atom. The van der Waals surface area contributed by atoms with Crippen LogP contribution in [0.3, 0.4) is 0 Å². The molecule has 0 fully saturated rings. The molecule has 0 aliphatic rings. The first-order valence-corrected chi connectivity index (χ1v) is 10.9. The number of aryl methyl sites for hydroxylation is 2. The number of fused-ring (bicyclic) bond motifs is 5. The zero-order valence-corrected chi connectivity index (χ0v) is 17.9. The van der Waals surface area contributed by atoms with E-state index >= 15 is 0 Å². The van der Waals surface area contributed by atoms with Crippen LogP contribution in [0.5, 0.6) is 0 Å². The highest BCUT2D eigenvalue weighted by atomic mass is 19.1. The fourth-order valence-electron chi connectivity index (χ4n) is 5.59. The van der Waals surface area contributed by atoms with Gasteiger partial charge >= 0.3 is 0 Å². The third-order valence-corrected chi connectivity index (χ3v) is 6.91. The van der Waals surface area contributed by atoms with E-state index < -0.39 is 0 Å². The zero-order valence-electron chi connectivity index (χ0n) is 17.9. The number of benzene rings is 4. The minimum absolute atomic E-state index is 0.211. The molecule has 0 N–H and O–H groups in total. The molecule has 3 heterocycles. The van der Waals surface area contributed by atoms with E-state index in [2.05, 4.69) is 77.5 Å². The topological polar surface area (TPSA) is 8.29 Å². The first-order valence-electron chi connectivity index (χ1n) is 10.9. The average Bonchev–Trinajstić information content (AvgIpc) is 3.15. The number of halogens is 1. The summed E-state index contributed by atoms with van der Waals surface area (Å²) in [5.74, 6) is -0.211. The number of hydrogen-bond acceptors (Lipinski definition) is 0. The van der Waals surface area contributed by atoms with Gasteiger partial charge in [-0.05, 0) is 47.2 Å². The van der Waals surface area contributed by atoms with E-state index in [0.717, 1.165) is 32.8 Å². The van der Waals surface area contributed by atoms with Crippen LogP contribution in [0.25, 0.3) is 60.1 Å². The minimum atomic E-state index is -0.211. The van der Waals surface area contributed by atoms with Gasteiger partial charge in [0.15, 0.2) is 6.20 Å². The molecule has 3 aromatic heterocycles. The highest BCUT2D eigenvalue weighted by Gasteiger charge is 2.25. The first kappa shape index (κ1) is 17.7. The van der Waals surface area contributed by atoms with Crippen LogP contribution in [0.2, 0.25) is 0 Å². The summed E-state index contributed by atoms with van der Waals surface area (Å²) in [5.41, 5.74) is 7.94. The lowest BCUT2D eigenvalue weighted by Gasteiger charge is -2.12. The van der Waals surface area contributed by atoms with Gasteiger partial charge in [0, 0.05) is 16.8 Å². The fourth-order valence-corrected chi connectivity index (χ4v) is 5.59. The summed E-state index contributed by atoms with van der Waals surface area (Å²) in [6.07, 6.45) is 2.03. The molecule has 7 rings (SSSR count). The van der Waals surface area contributed by atoms with Gasteiger partial charge in [-0.25, -0.2) is 8.96 Å². The second-order valence-corrected chi connectivity index (χ2v) is 8.72. The van der Waals surface area contributed by atoms with Crippen LogP contribution in [-0.4, -0.2) is 4.40 Å². The number of nitrogens with zero attached hydrogens (tertiary/aromatic N) is 2. The molecule has 2 nitrogen and oxygen atoms in total. The average molecular weight is 415 g/mol. The zero-order chi connectivity index (χ0) is 21.6. The predicted octanol–water partition coefficient (Wildman–Crippen LogP) is 6.93. The molecule has 0 bridgehead atoms. The monoisotopic (exact) mass is 415 g/mol. The van der Waals surface area contributed by atoms with Gasteiger partial charge in [0.05, 0.1) is 27.3 Å². The number of pyridine rings is 2. The van der Waals surface area contributed by atoms with E-state index in [1.165, 1.54) is 32.8 Å². The molecule has 0 atom stereocenters. The van der Waals surface area contributed by atoms with Crippen molar-refractivity contribution in [2.45, 2.75) is 6.92 Å². The summed E-state index contributed by atoms with van der Waals surface area (Å²) >= 11 is 0. The van der Waals surface area contributed by atoms with Crippen LogP contribution in [-0.2, 0) is 7.05 Å². The standard InChI is InChI=1S/C29H20FN2/c1-17-11-12-22-27-21(18-7-4-3-5-8-18)9-6-10-23(27)32-24-16-20(30)15-19-13-14-31(2)29(26(19)24)25(17)28(22)32/h3-16H,1-2H3/q+1. The van der Waals surface area contributed by atoms with Gasteiger partial charge in [-0.15, -0.1) is 0 Å². The molecule has 32 heavy (non-hydrogen) atoms. The highest BCUT2D eigenvalue weighted by molar-refractivity contribution is 6.27. The van der Waals surface area contributed by atoms with Gasteiger partial charge < -0.3 is 4.40 Å². The summed E-state index contributed by atoms with van der Waals surface area (Å²) < 4.78 is 19.3. The lowest BCUT2D eigenvalue weighted by Crippen LogP contribution is -2.28. The number of hydrogen-bond donors (Lipinski definition) is 0. The molecule has 0 aliphatic carbocycles. The molecule has 7 aromatic rings. The molecular weight excluding hydrogens is 395 g/mol. The van der Waals surface area contributed by atoms with Crippen molar-refractivity contribution in [3.63, 3.8) is 0 Å². The van der Waals surface area contributed by atoms with Crippen molar-refractivity contribution in [3.8, 4) is 11.1 Å². The molecule has 0 saturated carbocycles. The van der Waals surface area contributed by atoms with Crippen LogP contribution >= 0.6 is 0 Å². The molecule has 0 aliphatic heterocycles. The molecule has 0 unspecified atom stereocenters. The first-order chi connectivity index (χ1) is 15.6. The maximum Gasteiger partial charge on any atom is 0.224 e. The quantitative estimate of drug-likeness (QED) is 0.156. The molecular formula is C29H20FN2+. The third kappa shape index (κ3) is 2.10. The fraction of sp³-hybridized carbons (Fsp3) is 0.0690. The van der Waals surface area contributed by atoms with Crippen molar-refractivity contribution in [1.82, 2.24) is 4.40 Å². The second kappa shape index (κ2) is 6.04. The molecule has 0 spiro atoms. The maximum atomic E-state index is 14.8. The summed E-state index contributed by atoms with van der Waals surface area (Å²) in [6, 6.07) is 26.7. The largest absolute Gasteiger partial charge is 0.307 e. The molecule has 4 aromatic carbocycles. The van der Waals surface area contributed by atoms with E-state index in [4.69, 9.17) is 0 Å². The van der Waals surface area contributed by atoms with Gasteiger partial charge in [-0.1, -0.05) is 54.6 Å². The Balaban J connectivity index is 1.88. The van der Waals surface area contributed by atoms with Crippen molar-refractivity contribution in [2.24, 2.45) is 7.05 Å². The Morgan fingerprint density at radius 2 is 1.62 bits per heavy atom. The minimum Gasteiger partial charge on any atom is -0.307 e. The second-order valence-electron chi connectivity index (χ2n) is 8.72. The van der Waals surface area contributed by atoms with Crippen LogP contribution in [0, 0.1) is 12.7 Å². The van der Waals surface area contributed by atoms with Crippen LogP contribution in [0.15, 0.2) is 85.1 Å². The summed E-state index contributed by atoms with van der Waals surface area (Å²) in [6.45, 7) is 2.17. The molecule has 0 radical (unpaired) electrons. The Hall–Kier alpha value is -3.98. The lowest BCUT2D eigenvalue weighted by atomic mass is 9.97. The van der Waals surface area contributed by atoms with E-state index in [9.17, 15) is 4.39 Å². The Bertz CT molecular complexity index is 1850. The molecule has 3 heteroatoms. The van der Waals surface area contributed by atoms with Gasteiger partial charge in [0.25, 0.3) is 0 Å². The van der Waals surface area contributed by atoms with Crippen molar-refractivity contribution < 1.29 is 8.96 Å².